The van der Waals surface area contributed by atoms with Gasteiger partial charge in [-0.1, -0.05) is 6.42 Å². The standard InChI is InChI=1S/C16H18F3N3O3/c17-16(18,19)15(2-1-3-15)13(25)22-7-10(8-23)6-11(22)12(24)21-14(9-20)4-5-14/h8,10-11H,1-7H2,(H,21,24)/t10-,11+/m1/s1. The van der Waals surface area contributed by atoms with Gasteiger partial charge in [-0.2, -0.15) is 18.4 Å². The van der Waals surface area contributed by atoms with Crippen molar-refractivity contribution in [1.82, 2.24) is 10.2 Å². The van der Waals surface area contributed by atoms with Crippen molar-refractivity contribution in [3.05, 3.63) is 0 Å². The Bertz CT molecular complexity index is 647. The van der Waals surface area contributed by atoms with Crippen LogP contribution in [0.15, 0.2) is 0 Å². The first-order chi connectivity index (χ1) is 11.7. The van der Waals surface area contributed by atoms with Crippen LogP contribution >= 0.6 is 0 Å². The van der Waals surface area contributed by atoms with E-state index in [0.717, 1.165) is 4.90 Å². The van der Waals surface area contributed by atoms with E-state index in [1.165, 1.54) is 0 Å². The van der Waals surface area contributed by atoms with Crippen molar-refractivity contribution >= 4 is 18.1 Å². The van der Waals surface area contributed by atoms with E-state index in [9.17, 15) is 27.6 Å². The lowest BCUT2D eigenvalue weighted by molar-refractivity contribution is -0.248. The molecule has 0 unspecified atom stereocenters. The highest BCUT2D eigenvalue weighted by Crippen LogP contribution is 2.54. The number of nitriles is 1. The number of carbonyl (C=O) groups is 3. The zero-order chi connectivity index (χ0) is 18.5. The number of carbonyl (C=O) groups excluding carboxylic acids is 3. The molecule has 2 amide bonds. The van der Waals surface area contributed by atoms with Crippen LogP contribution in [0.5, 0.6) is 0 Å². The fourth-order valence-electron chi connectivity index (χ4n) is 3.57. The molecular formula is C16H18F3N3O3. The maximum absolute atomic E-state index is 13.4. The number of aldehydes is 1. The zero-order valence-electron chi connectivity index (χ0n) is 13.4. The molecule has 3 fully saturated rings. The Labute approximate surface area is 142 Å². The van der Waals surface area contributed by atoms with Crippen LogP contribution in [0, 0.1) is 22.7 Å². The molecule has 2 saturated carbocycles. The number of nitrogens with zero attached hydrogens (tertiary/aromatic N) is 2. The molecule has 0 aromatic carbocycles. The van der Waals surface area contributed by atoms with Crippen molar-refractivity contribution in [3.63, 3.8) is 0 Å². The second kappa shape index (κ2) is 5.71. The zero-order valence-corrected chi connectivity index (χ0v) is 13.4. The Morgan fingerprint density at radius 3 is 2.28 bits per heavy atom. The van der Waals surface area contributed by atoms with E-state index in [1.807, 2.05) is 6.07 Å². The van der Waals surface area contributed by atoms with Crippen molar-refractivity contribution in [2.75, 3.05) is 6.54 Å². The summed E-state index contributed by atoms with van der Waals surface area (Å²) in [5, 5.41) is 11.6. The first kappa shape index (κ1) is 17.7. The predicted molar refractivity (Wildman–Crippen MR) is 77.7 cm³/mol. The van der Waals surface area contributed by atoms with Gasteiger partial charge in [-0.3, -0.25) is 9.59 Å². The van der Waals surface area contributed by atoms with Gasteiger partial charge in [0.05, 0.1) is 6.07 Å². The Balaban J connectivity index is 1.82. The summed E-state index contributed by atoms with van der Waals surface area (Å²) < 4.78 is 40.3. The van der Waals surface area contributed by atoms with Gasteiger partial charge in [-0.15, -0.1) is 0 Å². The van der Waals surface area contributed by atoms with Gasteiger partial charge in [0.2, 0.25) is 11.8 Å². The summed E-state index contributed by atoms with van der Waals surface area (Å²) in [7, 11) is 0. The summed E-state index contributed by atoms with van der Waals surface area (Å²) in [4.78, 5) is 37.1. The number of likely N-dealkylation sites (tertiary alicyclic amines) is 1. The summed E-state index contributed by atoms with van der Waals surface area (Å²) >= 11 is 0. The highest BCUT2D eigenvalue weighted by Gasteiger charge is 2.65. The Hall–Kier alpha value is -2.11. The molecule has 1 heterocycles. The van der Waals surface area contributed by atoms with Gasteiger partial charge in [-0.25, -0.2) is 0 Å². The van der Waals surface area contributed by atoms with E-state index in [0.29, 0.717) is 25.5 Å². The van der Waals surface area contributed by atoms with Crippen LogP contribution in [0.1, 0.15) is 38.5 Å². The van der Waals surface area contributed by atoms with Crippen LogP contribution in [0.4, 0.5) is 13.2 Å². The molecule has 3 aliphatic rings. The first-order valence-corrected chi connectivity index (χ1v) is 8.24. The molecule has 9 heteroatoms. The Kier molecular flexibility index (Phi) is 4.05. The quantitative estimate of drug-likeness (QED) is 0.768. The fourth-order valence-corrected chi connectivity index (χ4v) is 3.57. The number of hydrogen-bond acceptors (Lipinski definition) is 4. The SMILES string of the molecule is N#CC1(NC(=O)[C@@H]2C[C@@H](C=O)CN2C(=O)C2(C(F)(F)F)CCC2)CC1. The van der Waals surface area contributed by atoms with Crippen molar-refractivity contribution in [1.29, 1.82) is 5.26 Å². The van der Waals surface area contributed by atoms with E-state index < -0.39 is 40.9 Å². The Morgan fingerprint density at radius 2 is 1.88 bits per heavy atom. The first-order valence-electron chi connectivity index (χ1n) is 8.24. The third kappa shape index (κ3) is 2.77. The van der Waals surface area contributed by atoms with E-state index in [4.69, 9.17) is 5.26 Å². The molecule has 136 valence electrons. The normalized spacial score (nSPS) is 29.3. The minimum absolute atomic E-state index is 0.0173. The molecule has 0 aromatic heterocycles. The number of amides is 2. The number of rotatable bonds is 4. The van der Waals surface area contributed by atoms with Crippen molar-refractivity contribution in [2.45, 2.75) is 56.3 Å². The predicted octanol–water partition coefficient (Wildman–Crippen LogP) is 1.31. The molecule has 1 aliphatic heterocycles. The lowest BCUT2D eigenvalue weighted by Crippen LogP contribution is -2.59. The van der Waals surface area contributed by atoms with Crippen LogP contribution in [0.2, 0.25) is 0 Å². The summed E-state index contributed by atoms with van der Waals surface area (Å²) in [6.45, 7) is -0.197. The van der Waals surface area contributed by atoms with Gasteiger partial charge in [0.25, 0.3) is 0 Å². The fraction of sp³-hybridized carbons (Fsp3) is 0.750. The van der Waals surface area contributed by atoms with E-state index >= 15 is 0 Å². The second-order valence-electron chi connectivity index (χ2n) is 7.22. The summed E-state index contributed by atoms with van der Waals surface area (Å²) in [6.07, 6.45) is -3.50. The Morgan fingerprint density at radius 1 is 1.24 bits per heavy atom. The smallest absolute Gasteiger partial charge is 0.336 e. The highest BCUT2D eigenvalue weighted by atomic mass is 19.4. The molecule has 25 heavy (non-hydrogen) atoms. The molecular weight excluding hydrogens is 339 g/mol. The average molecular weight is 357 g/mol. The van der Waals surface area contributed by atoms with E-state index in [-0.39, 0.29) is 25.8 Å². The van der Waals surface area contributed by atoms with E-state index in [2.05, 4.69) is 5.32 Å². The van der Waals surface area contributed by atoms with Gasteiger partial charge < -0.3 is 15.0 Å². The lowest BCUT2D eigenvalue weighted by atomic mass is 9.67. The molecule has 1 N–H and O–H groups in total. The number of nitrogens with one attached hydrogen (secondary N) is 1. The molecule has 6 nitrogen and oxygen atoms in total. The maximum Gasteiger partial charge on any atom is 0.403 e. The molecule has 3 rings (SSSR count). The summed E-state index contributed by atoms with van der Waals surface area (Å²) in [5.74, 6) is -2.46. The second-order valence-corrected chi connectivity index (χ2v) is 7.22. The van der Waals surface area contributed by atoms with Crippen LogP contribution in [-0.2, 0) is 14.4 Å². The molecule has 0 spiro atoms. The van der Waals surface area contributed by atoms with Gasteiger partial charge in [0.15, 0.2) is 0 Å². The maximum atomic E-state index is 13.4. The van der Waals surface area contributed by atoms with Gasteiger partial charge in [0.1, 0.15) is 23.3 Å². The third-order valence-electron chi connectivity index (χ3n) is 5.58. The van der Waals surface area contributed by atoms with Crippen LogP contribution in [-0.4, -0.2) is 47.3 Å². The minimum Gasteiger partial charge on any atom is -0.336 e. The molecule has 0 bridgehead atoms. The summed E-state index contributed by atoms with van der Waals surface area (Å²) in [6, 6.07) is 0.823. The van der Waals surface area contributed by atoms with Crippen molar-refractivity contribution in [3.8, 4) is 6.07 Å². The van der Waals surface area contributed by atoms with Gasteiger partial charge in [-0.05, 0) is 32.1 Å². The molecule has 2 aliphatic carbocycles. The van der Waals surface area contributed by atoms with Crippen LogP contribution in [0.3, 0.4) is 0 Å². The molecule has 2 atom stereocenters. The van der Waals surface area contributed by atoms with Crippen molar-refractivity contribution in [2.24, 2.45) is 11.3 Å². The topological polar surface area (TPSA) is 90.3 Å². The lowest BCUT2D eigenvalue weighted by Gasteiger charge is -2.44. The molecule has 1 saturated heterocycles. The number of halogens is 3. The molecule has 0 radical (unpaired) electrons. The van der Waals surface area contributed by atoms with E-state index in [1.54, 1.807) is 0 Å². The number of alkyl halides is 3. The third-order valence-corrected chi connectivity index (χ3v) is 5.58. The monoisotopic (exact) mass is 357 g/mol. The minimum atomic E-state index is -4.69. The number of hydrogen-bond donors (Lipinski definition) is 1. The average Bonchev–Trinajstić information content (AvgIpc) is 3.12. The molecule has 0 aromatic rings. The van der Waals surface area contributed by atoms with Gasteiger partial charge in [0, 0.05) is 12.5 Å². The van der Waals surface area contributed by atoms with Crippen molar-refractivity contribution < 1.29 is 27.6 Å². The van der Waals surface area contributed by atoms with Crippen LogP contribution in [0.25, 0.3) is 0 Å². The van der Waals surface area contributed by atoms with Gasteiger partial charge >= 0.3 is 6.18 Å². The van der Waals surface area contributed by atoms with Crippen LogP contribution < -0.4 is 5.32 Å². The highest BCUT2D eigenvalue weighted by molar-refractivity contribution is 5.93. The largest absolute Gasteiger partial charge is 0.403 e. The summed E-state index contributed by atoms with van der Waals surface area (Å²) in [5.41, 5.74) is -3.43.